The maximum absolute atomic E-state index is 8.99. The maximum atomic E-state index is 8.99. The Morgan fingerprint density at radius 1 is 1.18 bits per heavy atom. The van der Waals surface area contributed by atoms with Crippen molar-refractivity contribution >= 4 is 18.3 Å². The van der Waals surface area contributed by atoms with Crippen LogP contribution in [0.4, 0.5) is 5.69 Å². The minimum Gasteiger partial charge on any atom is -0.423 e. The van der Waals surface area contributed by atoms with Gasteiger partial charge < -0.3 is 20.3 Å². The van der Waals surface area contributed by atoms with Gasteiger partial charge in [-0.25, -0.2) is 0 Å². The van der Waals surface area contributed by atoms with E-state index in [0.29, 0.717) is 11.5 Å². The molecule has 0 amide bonds. The Hall–Kier alpha value is -1.04. The predicted molar refractivity (Wildman–Crippen MR) is 70.4 cm³/mol. The topological polar surface area (TPSA) is 55.7 Å². The van der Waals surface area contributed by atoms with E-state index in [1.165, 1.54) is 0 Å². The fraction of sp³-hybridized carbons (Fsp3) is 0.500. The minimum absolute atomic E-state index is 0.524. The third-order valence-corrected chi connectivity index (χ3v) is 3.30. The van der Waals surface area contributed by atoms with Crippen LogP contribution in [-0.4, -0.2) is 48.2 Å². The molecule has 0 aromatic heterocycles. The summed E-state index contributed by atoms with van der Waals surface area (Å²) in [7, 11) is 0.764. The van der Waals surface area contributed by atoms with Crippen LogP contribution in [0.1, 0.15) is 12.8 Å². The third-order valence-electron chi connectivity index (χ3n) is 3.30. The highest BCUT2D eigenvalue weighted by Crippen LogP contribution is 2.14. The lowest BCUT2D eigenvalue weighted by atomic mass is 9.80. The van der Waals surface area contributed by atoms with E-state index in [0.717, 1.165) is 31.6 Å². The first-order chi connectivity index (χ1) is 8.15. The number of hydrogen-bond acceptors (Lipinski definition) is 4. The Labute approximate surface area is 102 Å². The van der Waals surface area contributed by atoms with Crippen molar-refractivity contribution in [3.63, 3.8) is 0 Å². The van der Waals surface area contributed by atoms with Crippen molar-refractivity contribution in [1.82, 2.24) is 4.90 Å². The molecule has 92 valence electrons. The molecule has 1 aromatic rings. The van der Waals surface area contributed by atoms with E-state index in [1.54, 1.807) is 12.1 Å². The highest BCUT2D eigenvalue weighted by atomic mass is 16.4. The van der Waals surface area contributed by atoms with E-state index in [9.17, 15) is 0 Å². The standard InChI is InChI=1S/C12H19BN2O2/c1-15-8-6-12(7-9-15)14-11-4-2-10(3-5-11)13(16)17/h2-5,12,14,16-17H,6-9H2,1H3. The summed E-state index contributed by atoms with van der Waals surface area (Å²) in [4.78, 5) is 2.34. The number of piperidine rings is 1. The molecular weight excluding hydrogens is 215 g/mol. The number of anilines is 1. The first kappa shape index (κ1) is 12.4. The summed E-state index contributed by atoms with van der Waals surface area (Å²) in [5, 5.41) is 21.5. The molecule has 1 saturated heterocycles. The number of likely N-dealkylation sites (tertiary alicyclic amines) is 1. The van der Waals surface area contributed by atoms with Gasteiger partial charge >= 0.3 is 7.12 Å². The second-order valence-corrected chi connectivity index (χ2v) is 4.72. The quantitative estimate of drug-likeness (QED) is 0.638. The predicted octanol–water partition coefficient (Wildman–Crippen LogP) is -0.128. The fourth-order valence-corrected chi connectivity index (χ4v) is 2.14. The highest BCUT2D eigenvalue weighted by Gasteiger charge is 2.16. The van der Waals surface area contributed by atoms with Crippen molar-refractivity contribution < 1.29 is 10.0 Å². The van der Waals surface area contributed by atoms with Crippen LogP contribution < -0.4 is 10.8 Å². The van der Waals surface area contributed by atoms with Crippen LogP contribution >= 0.6 is 0 Å². The molecule has 4 nitrogen and oxygen atoms in total. The van der Waals surface area contributed by atoms with Crippen LogP contribution in [0.25, 0.3) is 0 Å². The molecule has 1 aliphatic rings. The van der Waals surface area contributed by atoms with Gasteiger partial charge in [0.2, 0.25) is 0 Å². The molecule has 17 heavy (non-hydrogen) atoms. The van der Waals surface area contributed by atoms with Gasteiger partial charge in [0, 0.05) is 11.7 Å². The van der Waals surface area contributed by atoms with Gasteiger partial charge in [0.25, 0.3) is 0 Å². The Balaban J connectivity index is 1.90. The van der Waals surface area contributed by atoms with Gasteiger partial charge in [-0.1, -0.05) is 12.1 Å². The number of nitrogens with one attached hydrogen (secondary N) is 1. The molecule has 0 unspecified atom stereocenters. The van der Waals surface area contributed by atoms with Gasteiger partial charge in [-0.3, -0.25) is 0 Å². The molecule has 1 aromatic carbocycles. The van der Waals surface area contributed by atoms with Crippen LogP contribution in [0.5, 0.6) is 0 Å². The SMILES string of the molecule is CN1CCC(Nc2ccc(B(O)O)cc2)CC1. The normalized spacial score (nSPS) is 18.1. The summed E-state index contributed by atoms with van der Waals surface area (Å²) in [6.45, 7) is 2.26. The zero-order chi connectivity index (χ0) is 12.3. The van der Waals surface area contributed by atoms with Gasteiger partial charge in [0.05, 0.1) is 0 Å². The van der Waals surface area contributed by atoms with Gasteiger partial charge in [-0.15, -0.1) is 0 Å². The van der Waals surface area contributed by atoms with Gasteiger partial charge in [0.15, 0.2) is 0 Å². The van der Waals surface area contributed by atoms with Crippen LogP contribution in [0.3, 0.4) is 0 Å². The van der Waals surface area contributed by atoms with Gasteiger partial charge in [0.1, 0.15) is 0 Å². The Kier molecular flexibility index (Phi) is 4.04. The van der Waals surface area contributed by atoms with Gasteiger partial charge in [-0.2, -0.15) is 0 Å². The van der Waals surface area contributed by atoms with Crippen LogP contribution in [0.2, 0.25) is 0 Å². The van der Waals surface area contributed by atoms with Crippen LogP contribution in [0, 0.1) is 0 Å². The summed E-state index contributed by atoms with van der Waals surface area (Å²) in [6.07, 6.45) is 2.31. The highest BCUT2D eigenvalue weighted by molar-refractivity contribution is 6.58. The Morgan fingerprint density at radius 2 is 1.76 bits per heavy atom. The average Bonchev–Trinajstić information content (AvgIpc) is 2.33. The van der Waals surface area contributed by atoms with E-state index in [-0.39, 0.29) is 0 Å². The molecule has 0 radical (unpaired) electrons. The number of benzene rings is 1. The number of rotatable bonds is 3. The first-order valence-corrected chi connectivity index (χ1v) is 6.06. The zero-order valence-corrected chi connectivity index (χ0v) is 10.1. The number of nitrogens with zero attached hydrogens (tertiary/aromatic N) is 1. The van der Waals surface area contributed by atoms with E-state index < -0.39 is 7.12 Å². The molecule has 0 spiro atoms. The summed E-state index contributed by atoms with van der Waals surface area (Å²) >= 11 is 0. The molecule has 1 heterocycles. The molecule has 3 N–H and O–H groups in total. The van der Waals surface area contributed by atoms with E-state index in [2.05, 4.69) is 17.3 Å². The zero-order valence-electron chi connectivity index (χ0n) is 10.1. The lowest BCUT2D eigenvalue weighted by Gasteiger charge is -2.30. The van der Waals surface area contributed by atoms with Crippen molar-refractivity contribution in [3.05, 3.63) is 24.3 Å². The van der Waals surface area contributed by atoms with Crippen molar-refractivity contribution in [2.75, 3.05) is 25.5 Å². The van der Waals surface area contributed by atoms with Crippen LogP contribution in [-0.2, 0) is 0 Å². The summed E-state index contributed by atoms with van der Waals surface area (Å²) in [6, 6.07) is 7.79. The first-order valence-electron chi connectivity index (χ1n) is 6.06. The molecule has 0 bridgehead atoms. The van der Waals surface area contributed by atoms with E-state index in [4.69, 9.17) is 10.0 Å². The average molecular weight is 234 g/mol. The van der Waals surface area contributed by atoms with Crippen molar-refractivity contribution in [3.8, 4) is 0 Å². The Bertz CT molecular complexity index is 348. The molecular formula is C12H19BN2O2. The minimum atomic E-state index is -1.38. The molecule has 1 fully saturated rings. The molecule has 5 heteroatoms. The van der Waals surface area contributed by atoms with Crippen LogP contribution in [0.15, 0.2) is 24.3 Å². The molecule has 0 saturated carbocycles. The fourth-order valence-electron chi connectivity index (χ4n) is 2.14. The monoisotopic (exact) mass is 234 g/mol. The lowest BCUT2D eigenvalue weighted by Crippen LogP contribution is -2.36. The van der Waals surface area contributed by atoms with Crippen molar-refractivity contribution in [2.24, 2.45) is 0 Å². The van der Waals surface area contributed by atoms with Gasteiger partial charge in [-0.05, 0) is 50.6 Å². The Morgan fingerprint density at radius 3 is 2.29 bits per heavy atom. The molecule has 0 atom stereocenters. The number of hydrogen-bond donors (Lipinski definition) is 3. The van der Waals surface area contributed by atoms with Crippen molar-refractivity contribution in [1.29, 1.82) is 0 Å². The van der Waals surface area contributed by atoms with Crippen molar-refractivity contribution in [2.45, 2.75) is 18.9 Å². The summed E-state index contributed by atoms with van der Waals surface area (Å²) in [5.41, 5.74) is 1.57. The third kappa shape index (κ3) is 3.46. The molecule has 1 aliphatic heterocycles. The maximum Gasteiger partial charge on any atom is 0.488 e. The smallest absolute Gasteiger partial charge is 0.423 e. The van der Waals surface area contributed by atoms with E-state index >= 15 is 0 Å². The largest absolute Gasteiger partial charge is 0.488 e. The summed E-state index contributed by atoms with van der Waals surface area (Å²) < 4.78 is 0. The second-order valence-electron chi connectivity index (χ2n) is 4.72. The lowest BCUT2D eigenvalue weighted by molar-refractivity contribution is 0.264. The molecule has 0 aliphatic carbocycles. The van der Waals surface area contributed by atoms with E-state index in [1.807, 2.05) is 12.1 Å². The molecule has 2 rings (SSSR count). The second kappa shape index (κ2) is 5.53. The summed E-state index contributed by atoms with van der Waals surface area (Å²) in [5.74, 6) is 0.